The summed E-state index contributed by atoms with van der Waals surface area (Å²) >= 11 is 0. The summed E-state index contributed by atoms with van der Waals surface area (Å²) in [5.41, 5.74) is 7.31. The Morgan fingerprint density at radius 1 is 1.24 bits per heavy atom. The van der Waals surface area contributed by atoms with Crippen LogP contribution in [0.3, 0.4) is 0 Å². The van der Waals surface area contributed by atoms with Crippen LogP contribution in [0, 0.1) is 0 Å². The van der Waals surface area contributed by atoms with E-state index in [-0.39, 0.29) is 11.2 Å². The molecule has 1 aromatic carbocycles. The molecular formula is C15H21N3O3. The quantitative estimate of drug-likeness (QED) is 0.880. The van der Waals surface area contributed by atoms with E-state index >= 15 is 0 Å². The smallest absolute Gasteiger partial charge is 0.295 e. The molecule has 2 N–H and O–H groups in total. The average molecular weight is 291 g/mol. The number of benzene rings is 1. The molecule has 114 valence electrons. The van der Waals surface area contributed by atoms with E-state index in [1.54, 1.807) is 18.9 Å². The van der Waals surface area contributed by atoms with Crippen LogP contribution < -0.4 is 16.0 Å². The van der Waals surface area contributed by atoms with Crippen LogP contribution in [0.15, 0.2) is 29.1 Å². The highest BCUT2D eigenvalue weighted by Gasteiger charge is 2.20. The third kappa shape index (κ3) is 2.67. The summed E-state index contributed by atoms with van der Waals surface area (Å²) in [5.74, 6) is 0.624. The number of rotatable bonds is 6. The Balaban J connectivity index is 2.73. The number of nitrogen functional groups attached to an aromatic ring is 1. The summed E-state index contributed by atoms with van der Waals surface area (Å²) in [6.45, 7) is 3.01. The maximum absolute atomic E-state index is 12.5. The number of hydrogen-bond donors (Lipinski definition) is 1. The Bertz CT molecular complexity index is 673. The minimum atomic E-state index is -0.250. The van der Waals surface area contributed by atoms with Crippen molar-refractivity contribution < 1.29 is 9.47 Å². The molecule has 0 aliphatic rings. The molecule has 0 spiro atoms. The lowest BCUT2D eigenvalue weighted by atomic mass is 10.3. The van der Waals surface area contributed by atoms with Crippen molar-refractivity contribution in [2.75, 3.05) is 20.0 Å². The molecule has 0 amide bonds. The van der Waals surface area contributed by atoms with Crippen molar-refractivity contribution in [2.45, 2.75) is 26.5 Å². The van der Waals surface area contributed by atoms with Crippen molar-refractivity contribution in [2.24, 2.45) is 0 Å². The molecule has 0 fully saturated rings. The van der Waals surface area contributed by atoms with Crippen molar-refractivity contribution in [3.63, 3.8) is 0 Å². The Morgan fingerprint density at radius 2 is 1.95 bits per heavy atom. The monoisotopic (exact) mass is 291 g/mol. The van der Waals surface area contributed by atoms with Gasteiger partial charge in [0.25, 0.3) is 5.56 Å². The number of anilines is 1. The molecule has 2 rings (SSSR count). The lowest BCUT2D eigenvalue weighted by molar-refractivity contribution is 0.176. The van der Waals surface area contributed by atoms with Gasteiger partial charge < -0.3 is 15.2 Å². The largest absolute Gasteiger partial charge is 0.494 e. The molecule has 0 aliphatic heterocycles. The van der Waals surface area contributed by atoms with Gasteiger partial charge in [0.15, 0.2) is 0 Å². The number of para-hydroxylation sites is 2. The van der Waals surface area contributed by atoms with E-state index in [1.165, 1.54) is 0 Å². The number of hydrogen-bond acceptors (Lipinski definition) is 4. The highest BCUT2D eigenvalue weighted by atomic mass is 16.5. The first-order valence-corrected chi connectivity index (χ1v) is 6.88. The number of methoxy groups -OCH3 is 2. The fraction of sp³-hybridized carbons (Fsp3) is 0.400. The zero-order valence-corrected chi connectivity index (χ0v) is 12.6. The van der Waals surface area contributed by atoms with E-state index in [9.17, 15) is 4.79 Å². The van der Waals surface area contributed by atoms with Crippen molar-refractivity contribution in [3.8, 4) is 11.4 Å². The summed E-state index contributed by atoms with van der Waals surface area (Å²) < 4.78 is 13.9. The van der Waals surface area contributed by atoms with E-state index < -0.39 is 0 Å². The number of nitrogens with two attached hydrogens (primary N) is 1. The van der Waals surface area contributed by atoms with Crippen molar-refractivity contribution in [1.29, 1.82) is 0 Å². The highest BCUT2D eigenvalue weighted by Crippen LogP contribution is 2.23. The molecule has 2 aromatic rings. The lowest BCUT2D eigenvalue weighted by Gasteiger charge is -2.16. The molecule has 1 aromatic heterocycles. The van der Waals surface area contributed by atoms with Gasteiger partial charge in [0.05, 0.1) is 19.4 Å². The summed E-state index contributed by atoms with van der Waals surface area (Å²) in [5, 5.41) is 0. The maximum Gasteiger partial charge on any atom is 0.295 e. The molecule has 6 heteroatoms. The van der Waals surface area contributed by atoms with E-state index in [4.69, 9.17) is 15.2 Å². The fourth-order valence-electron chi connectivity index (χ4n) is 2.39. The molecule has 0 unspecified atom stereocenters. The predicted molar refractivity (Wildman–Crippen MR) is 82.0 cm³/mol. The van der Waals surface area contributed by atoms with Crippen LogP contribution >= 0.6 is 0 Å². The van der Waals surface area contributed by atoms with Crippen molar-refractivity contribution in [1.82, 2.24) is 9.36 Å². The summed E-state index contributed by atoms with van der Waals surface area (Å²) in [4.78, 5) is 12.5. The van der Waals surface area contributed by atoms with Crippen molar-refractivity contribution in [3.05, 3.63) is 40.3 Å². The molecule has 21 heavy (non-hydrogen) atoms. The zero-order chi connectivity index (χ0) is 15.4. The molecular weight excluding hydrogens is 270 g/mol. The van der Waals surface area contributed by atoms with Gasteiger partial charge in [-0.2, -0.15) is 0 Å². The molecule has 0 aliphatic carbocycles. The van der Waals surface area contributed by atoms with Gasteiger partial charge in [-0.1, -0.05) is 19.1 Å². The highest BCUT2D eigenvalue weighted by molar-refractivity contribution is 5.50. The molecule has 0 radical (unpaired) electrons. The Labute approximate surface area is 123 Å². The number of nitrogens with zero attached hydrogens (tertiary/aromatic N) is 2. The Hall–Kier alpha value is -2.21. The molecule has 1 heterocycles. The second-order valence-corrected chi connectivity index (χ2v) is 4.71. The lowest BCUT2D eigenvalue weighted by Crippen LogP contribution is -2.23. The maximum atomic E-state index is 12.5. The molecule has 0 bridgehead atoms. The first-order chi connectivity index (χ1) is 10.2. The van der Waals surface area contributed by atoms with E-state index in [1.807, 2.05) is 35.9 Å². The van der Waals surface area contributed by atoms with Gasteiger partial charge in [0.1, 0.15) is 17.1 Å². The van der Waals surface area contributed by atoms with Gasteiger partial charge in [0.2, 0.25) is 0 Å². The van der Waals surface area contributed by atoms with Crippen LogP contribution in [0.5, 0.6) is 5.75 Å². The van der Waals surface area contributed by atoms with Gasteiger partial charge in [0, 0.05) is 13.7 Å². The van der Waals surface area contributed by atoms with Gasteiger partial charge in [-0.15, -0.1) is 0 Å². The topological polar surface area (TPSA) is 71.4 Å². The standard InChI is InChI=1S/C15H21N3O3/c1-4-9-17-12(10-20-2)14(16)15(19)18(17)11-7-5-6-8-13(11)21-3/h5-8H,4,9-10,16H2,1-3H3. The predicted octanol–water partition coefficient (Wildman–Crippen LogP) is 1.79. The van der Waals surface area contributed by atoms with Crippen LogP contribution in [0.4, 0.5) is 5.69 Å². The first-order valence-electron chi connectivity index (χ1n) is 6.88. The average Bonchev–Trinajstić information content (AvgIpc) is 2.73. The van der Waals surface area contributed by atoms with Crippen LogP contribution in [-0.4, -0.2) is 23.6 Å². The van der Waals surface area contributed by atoms with Gasteiger partial charge in [-0.05, 0) is 18.6 Å². The van der Waals surface area contributed by atoms with Gasteiger partial charge >= 0.3 is 0 Å². The second-order valence-electron chi connectivity index (χ2n) is 4.71. The SMILES string of the molecule is CCCn1c(COC)c(N)c(=O)n1-c1ccccc1OC. The fourth-order valence-corrected chi connectivity index (χ4v) is 2.39. The molecule has 0 saturated heterocycles. The number of aromatic nitrogens is 2. The third-order valence-corrected chi connectivity index (χ3v) is 3.32. The zero-order valence-electron chi connectivity index (χ0n) is 12.6. The second kappa shape index (κ2) is 6.49. The van der Waals surface area contributed by atoms with Crippen molar-refractivity contribution >= 4 is 5.69 Å². The van der Waals surface area contributed by atoms with Crippen LogP contribution in [0.1, 0.15) is 19.0 Å². The van der Waals surface area contributed by atoms with E-state index in [2.05, 4.69) is 0 Å². The van der Waals surface area contributed by atoms with Gasteiger partial charge in [-0.25, -0.2) is 4.68 Å². The van der Waals surface area contributed by atoms with Crippen LogP contribution in [-0.2, 0) is 17.9 Å². The minimum absolute atomic E-state index is 0.219. The molecule has 0 atom stereocenters. The first kappa shape index (κ1) is 15.2. The minimum Gasteiger partial charge on any atom is -0.494 e. The van der Waals surface area contributed by atoms with E-state index in [0.717, 1.165) is 6.42 Å². The molecule has 0 saturated carbocycles. The Morgan fingerprint density at radius 3 is 2.57 bits per heavy atom. The normalized spacial score (nSPS) is 10.8. The number of ether oxygens (including phenoxy) is 2. The van der Waals surface area contributed by atoms with Crippen LogP contribution in [0.2, 0.25) is 0 Å². The third-order valence-electron chi connectivity index (χ3n) is 3.32. The van der Waals surface area contributed by atoms with Gasteiger partial charge in [-0.3, -0.25) is 9.48 Å². The molecule has 6 nitrogen and oxygen atoms in total. The van der Waals surface area contributed by atoms with Crippen LogP contribution in [0.25, 0.3) is 5.69 Å². The summed E-state index contributed by atoms with van der Waals surface area (Å²) in [7, 11) is 3.16. The Kier molecular flexibility index (Phi) is 4.70. The van der Waals surface area contributed by atoms with E-state index in [0.29, 0.717) is 30.3 Å². The summed E-state index contributed by atoms with van der Waals surface area (Å²) in [6.07, 6.45) is 0.874. The summed E-state index contributed by atoms with van der Waals surface area (Å²) in [6, 6.07) is 7.37.